The van der Waals surface area contributed by atoms with Gasteiger partial charge in [-0.2, -0.15) is 0 Å². The number of esters is 1. The summed E-state index contributed by atoms with van der Waals surface area (Å²) in [6.45, 7) is 1.82. The number of aryl methyl sites for hydroxylation is 1. The van der Waals surface area contributed by atoms with Crippen LogP contribution in [-0.2, 0) is 9.53 Å². The van der Waals surface area contributed by atoms with Crippen molar-refractivity contribution in [2.24, 2.45) is 5.16 Å². The average Bonchev–Trinajstić information content (AvgIpc) is 2.21. The molecule has 1 rings (SSSR count). The van der Waals surface area contributed by atoms with E-state index in [1.54, 1.807) is 12.1 Å². The minimum absolute atomic E-state index is 0.0781. The van der Waals surface area contributed by atoms with Gasteiger partial charge in [-0.3, -0.25) is 0 Å². The van der Waals surface area contributed by atoms with Crippen LogP contribution in [0, 0.1) is 6.92 Å². The van der Waals surface area contributed by atoms with Crippen LogP contribution in [0.5, 0.6) is 0 Å². The van der Waals surface area contributed by atoms with E-state index in [4.69, 9.17) is 5.21 Å². The predicted octanol–water partition coefficient (Wildman–Crippen LogP) is 1.35. The first-order valence-corrected chi connectivity index (χ1v) is 4.07. The second-order valence-corrected chi connectivity index (χ2v) is 2.76. The van der Waals surface area contributed by atoms with Gasteiger partial charge in [-0.25, -0.2) is 4.79 Å². The molecule has 0 atom stereocenters. The van der Waals surface area contributed by atoms with Gasteiger partial charge in [0.1, 0.15) is 0 Å². The zero-order valence-electron chi connectivity index (χ0n) is 8.02. The van der Waals surface area contributed by atoms with Crippen molar-refractivity contribution in [1.29, 1.82) is 0 Å². The molecule has 4 nitrogen and oxygen atoms in total. The van der Waals surface area contributed by atoms with Gasteiger partial charge in [-0.05, 0) is 12.5 Å². The summed E-state index contributed by atoms with van der Waals surface area (Å²) >= 11 is 0. The number of methoxy groups -OCH3 is 1. The Morgan fingerprint density at radius 3 is 2.57 bits per heavy atom. The van der Waals surface area contributed by atoms with Gasteiger partial charge in [-0.15, -0.1) is 0 Å². The molecule has 1 aromatic carbocycles. The van der Waals surface area contributed by atoms with Crippen LogP contribution in [-0.4, -0.2) is 24.0 Å². The summed E-state index contributed by atoms with van der Waals surface area (Å²) in [4.78, 5) is 11.2. The summed E-state index contributed by atoms with van der Waals surface area (Å²) in [6.07, 6.45) is 0. The van der Waals surface area contributed by atoms with Crippen molar-refractivity contribution < 1.29 is 14.7 Å². The molecular formula is C10H11NO3. The second-order valence-electron chi connectivity index (χ2n) is 2.76. The molecule has 0 aliphatic heterocycles. The molecule has 0 saturated heterocycles. The molecule has 0 aliphatic carbocycles. The quantitative estimate of drug-likeness (QED) is 0.334. The molecule has 0 heterocycles. The second kappa shape index (κ2) is 4.41. The monoisotopic (exact) mass is 193 g/mol. The van der Waals surface area contributed by atoms with Crippen molar-refractivity contribution in [3.05, 3.63) is 35.4 Å². The van der Waals surface area contributed by atoms with Crippen molar-refractivity contribution in [2.45, 2.75) is 6.92 Å². The predicted molar refractivity (Wildman–Crippen MR) is 51.5 cm³/mol. The minimum atomic E-state index is -0.651. The molecule has 0 aromatic heterocycles. The third-order valence-electron chi connectivity index (χ3n) is 1.88. The molecule has 4 heteroatoms. The lowest BCUT2D eigenvalue weighted by molar-refractivity contribution is -0.132. The number of nitrogens with zero attached hydrogens (tertiary/aromatic N) is 1. The highest BCUT2D eigenvalue weighted by Gasteiger charge is 2.16. The zero-order valence-corrected chi connectivity index (χ0v) is 8.02. The van der Waals surface area contributed by atoms with Gasteiger partial charge < -0.3 is 9.94 Å². The molecule has 0 amide bonds. The topological polar surface area (TPSA) is 58.9 Å². The summed E-state index contributed by atoms with van der Waals surface area (Å²) in [5, 5.41) is 11.6. The number of rotatable bonds is 2. The molecule has 14 heavy (non-hydrogen) atoms. The number of benzene rings is 1. The van der Waals surface area contributed by atoms with Crippen LogP contribution in [0.2, 0.25) is 0 Å². The van der Waals surface area contributed by atoms with Gasteiger partial charge in [0.2, 0.25) is 0 Å². The van der Waals surface area contributed by atoms with Gasteiger partial charge in [-0.1, -0.05) is 29.4 Å². The first kappa shape index (κ1) is 10.2. The van der Waals surface area contributed by atoms with Crippen LogP contribution >= 0.6 is 0 Å². The SMILES string of the molecule is COC(=O)/C(=N/O)c1ccccc1C. The van der Waals surface area contributed by atoms with Crippen LogP contribution in [0.25, 0.3) is 0 Å². The fraction of sp³-hybridized carbons (Fsp3) is 0.200. The molecule has 0 saturated carbocycles. The number of hydrogen-bond acceptors (Lipinski definition) is 4. The number of carbonyl (C=O) groups excluding carboxylic acids is 1. The van der Waals surface area contributed by atoms with Gasteiger partial charge in [0.25, 0.3) is 0 Å². The Morgan fingerprint density at radius 2 is 2.07 bits per heavy atom. The molecular weight excluding hydrogens is 182 g/mol. The van der Waals surface area contributed by atoms with Crippen LogP contribution in [0.4, 0.5) is 0 Å². The summed E-state index contributed by atoms with van der Waals surface area (Å²) in [6, 6.07) is 7.12. The number of ether oxygens (including phenoxy) is 1. The number of carbonyl (C=O) groups is 1. The Morgan fingerprint density at radius 1 is 1.43 bits per heavy atom. The van der Waals surface area contributed by atoms with Crippen molar-refractivity contribution in [3.63, 3.8) is 0 Å². The highest BCUT2D eigenvalue weighted by molar-refractivity contribution is 6.43. The van der Waals surface area contributed by atoms with Crippen LogP contribution in [0.3, 0.4) is 0 Å². The molecule has 0 aliphatic rings. The van der Waals surface area contributed by atoms with E-state index in [1.165, 1.54) is 7.11 Å². The Kier molecular flexibility index (Phi) is 3.23. The normalized spacial score (nSPS) is 11.1. The molecule has 0 spiro atoms. The summed E-state index contributed by atoms with van der Waals surface area (Å²) in [7, 11) is 1.24. The minimum Gasteiger partial charge on any atom is -0.464 e. The van der Waals surface area contributed by atoms with Crippen molar-refractivity contribution in [3.8, 4) is 0 Å². The highest BCUT2D eigenvalue weighted by atomic mass is 16.5. The van der Waals surface area contributed by atoms with Crippen molar-refractivity contribution in [1.82, 2.24) is 0 Å². The van der Waals surface area contributed by atoms with E-state index < -0.39 is 5.97 Å². The van der Waals surface area contributed by atoms with E-state index in [0.717, 1.165) is 5.56 Å². The molecule has 0 bridgehead atoms. The van der Waals surface area contributed by atoms with E-state index in [-0.39, 0.29) is 5.71 Å². The van der Waals surface area contributed by atoms with Gasteiger partial charge >= 0.3 is 5.97 Å². The standard InChI is InChI=1S/C10H11NO3/c1-7-5-3-4-6-8(7)9(11-13)10(12)14-2/h3-6,13H,1-2H3/b11-9+. The smallest absolute Gasteiger partial charge is 0.360 e. The maximum Gasteiger partial charge on any atom is 0.360 e. The van der Waals surface area contributed by atoms with Crippen LogP contribution in [0.1, 0.15) is 11.1 Å². The lowest BCUT2D eigenvalue weighted by atomic mass is 10.0. The van der Waals surface area contributed by atoms with E-state index in [9.17, 15) is 4.79 Å². The Bertz CT molecular complexity index is 371. The molecule has 0 fully saturated rings. The number of hydrogen-bond donors (Lipinski definition) is 1. The van der Waals surface area contributed by atoms with Gasteiger partial charge in [0.15, 0.2) is 5.71 Å². The number of oxime groups is 1. The van der Waals surface area contributed by atoms with Gasteiger partial charge in [0, 0.05) is 5.56 Å². The summed E-state index contributed by atoms with van der Waals surface area (Å²) in [5.41, 5.74) is 1.35. The lowest BCUT2D eigenvalue weighted by Gasteiger charge is -2.04. The highest BCUT2D eigenvalue weighted by Crippen LogP contribution is 2.09. The van der Waals surface area contributed by atoms with Crippen molar-refractivity contribution in [2.75, 3.05) is 7.11 Å². The maximum atomic E-state index is 11.2. The van der Waals surface area contributed by atoms with E-state index in [1.807, 2.05) is 19.1 Å². The fourth-order valence-electron chi connectivity index (χ4n) is 1.14. The largest absolute Gasteiger partial charge is 0.464 e. The Hall–Kier alpha value is -1.84. The molecule has 1 N–H and O–H groups in total. The van der Waals surface area contributed by atoms with E-state index in [0.29, 0.717) is 5.56 Å². The summed E-state index contributed by atoms with van der Waals surface area (Å²) < 4.78 is 4.48. The first-order chi connectivity index (χ1) is 6.70. The van der Waals surface area contributed by atoms with Crippen molar-refractivity contribution >= 4 is 11.7 Å². The zero-order chi connectivity index (χ0) is 10.6. The Balaban J connectivity index is 3.15. The van der Waals surface area contributed by atoms with E-state index in [2.05, 4.69) is 9.89 Å². The third-order valence-corrected chi connectivity index (χ3v) is 1.88. The average molecular weight is 193 g/mol. The third kappa shape index (κ3) is 1.90. The molecule has 74 valence electrons. The fourth-order valence-corrected chi connectivity index (χ4v) is 1.14. The van der Waals surface area contributed by atoms with E-state index >= 15 is 0 Å². The molecule has 0 unspecified atom stereocenters. The van der Waals surface area contributed by atoms with Crippen LogP contribution in [0.15, 0.2) is 29.4 Å². The summed E-state index contributed by atoms with van der Waals surface area (Å²) in [5.74, 6) is -0.651. The van der Waals surface area contributed by atoms with Gasteiger partial charge in [0.05, 0.1) is 7.11 Å². The lowest BCUT2D eigenvalue weighted by Crippen LogP contribution is -2.18. The first-order valence-electron chi connectivity index (χ1n) is 4.07. The van der Waals surface area contributed by atoms with Crippen LogP contribution < -0.4 is 0 Å². The molecule has 1 aromatic rings. The Labute approximate surface area is 81.8 Å². The molecule has 0 radical (unpaired) electrons. The maximum absolute atomic E-state index is 11.2.